The Morgan fingerprint density at radius 2 is 1.76 bits per heavy atom. The van der Waals surface area contributed by atoms with Crippen LogP contribution in [0.4, 0.5) is 0 Å². The van der Waals surface area contributed by atoms with Crippen molar-refractivity contribution in [3.8, 4) is 11.5 Å². The zero-order valence-electron chi connectivity index (χ0n) is 17.4. The molecule has 0 aliphatic carbocycles. The second-order valence-corrected chi connectivity index (χ2v) is 8.36. The Morgan fingerprint density at radius 1 is 1.07 bits per heavy atom. The molecule has 0 saturated carbocycles. The lowest BCUT2D eigenvalue weighted by Gasteiger charge is -2.11. The molecule has 29 heavy (non-hydrogen) atoms. The van der Waals surface area contributed by atoms with Crippen LogP contribution in [-0.2, 0) is 10.9 Å². The maximum absolute atomic E-state index is 5.91. The highest BCUT2D eigenvalue weighted by atomic mass is 32.2. The Hall–Kier alpha value is -2.78. The topological polar surface area (TPSA) is 22.1 Å². The molecule has 0 radical (unpaired) electrons. The van der Waals surface area contributed by atoms with Crippen LogP contribution in [0.25, 0.3) is 0 Å². The average molecular weight is 405 g/mol. The Labute approximate surface area is 178 Å². The zero-order chi connectivity index (χ0) is 20.9. The van der Waals surface area contributed by atoms with Gasteiger partial charge in [-0.05, 0) is 67.5 Å². The second kappa shape index (κ2) is 12.6. The first-order chi connectivity index (χ1) is 14.2. The highest BCUT2D eigenvalue weighted by Gasteiger charge is 2.26. The van der Waals surface area contributed by atoms with Gasteiger partial charge in [-0.2, -0.15) is 0 Å². The van der Waals surface area contributed by atoms with E-state index in [0.717, 1.165) is 30.1 Å². The standard InChI is InChI=1S/C26H30NOS/c1-5-9-11-22(7-3)21-29(25(8-4)12-10-6-2)26-15-13-23(14-16-26)28-24-17-19-27-20-18-24/h5,7-9,11-20H,1,4,6,10,21H2,2-3H3/q+1/b11-9-,22-7+,25-12+. The molecule has 1 aromatic heterocycles. The highest BCUT2D eigenvalue weighted by molar-refractivity contribution is 8.01. The minimum absolute atomic E-state index is 0.0917. The maximum Gasteiger partial charge on any atom is 0.161 e. The first kappa shape index (κ1) is 22.5. The Morgan fingerprint density at radius 3 is 2.34 bits per heavy atom. The zero-order valence-corrected chi connectivity index (χ0v) is 18.2. The highest BCUT2D eigenvalue weighted by Crippen LogP contribution is 2.29. The third-order valence-electron chi connectivity index (χ3n) is 4.24. The summed E-state index contributed by atoms with van der Waals surface area (Å²) in [4.78, 5) is 6.59. The van der Waals surface area contributed by atoms with Gasteiger partial charge in [-0.3, -0.25) is 4.98 Å². The second-order valence-electron chi connectivity index (χ2n) is 6.35. The molecular formula is C26H30NOS+. The van der Waals surface area contributed by atoms with E-state index in [1.54, 1.807) is 12.4 Å². The van der Waals surface area contributed by atoms with Crippen LogP contribution in [-0.4, -0.2) is 10.7 Å². The van der Waals surface area contributed by atoms with Crippen LogP contribution < -0.4 is 4.74 Å². The molecule has 0 fully saturated rings. The van der Waals surface area contributed by atoms with Crippen molar-refractivity contribution in [2.45, 2.75) is 31.6 Å². The first-order valence-corrected chi connectivity index (χ1v) is 11.3. The van der Waals surface area contributed by atoms with E-state index < -0.39 is 0 Å². The number of aromatic nitrogens is 1. The first-order valence-electron chi connectivity index (χ1n) is 9.87. The number of hydrogen-bond acceptors (Lipinski definition) is 2. The minimum Gasteiger partial charge on any atom is -0.457 e. The van der Waals surface area contributed by atoms with Crippen molar-refractivity contribution in [2.24, 2.45) is 0 Å². The fourth-order valence-corrected chi connectivity index (χ4v) is 4.86. The molecule has 0 aliphatic rings. The monoisotopic (exact) mass is 404 g/mol. The van der Waals surface area contributed by atoms with Crippen LogP contribution in [0.1, 0.15) is 26.7 Å². The molecular weight excluding hydrogens is 374 g/mol. The average Bonchev–Trinajstić information content (AvgIpc) is 2.77. The van der Waals surface area contributed by atoms with Crippen LogP contribution in [0, 0.1) is 0 Å². The number of hydrogen-bond donors (Lipinski definition) is 0. The fraction of sp³-hybridized carbons (Fsp3) is 0.192. The molecule has 1 heterocycles. The third kappa shape index (κ3) is 7.28. The number of nitrogens with zero attached hydrogens (tertiary/aromatic N) is 1. The Balaban J connectivity index is 2.30. The predicted molar refractivity (Wildman–Crippen MR) is 128 cm³/mol. The number of unbranched alkanes of at least 4 members (excludes halogenated alkanes) is 1. The van der Waals surface area contributed by atoms with Gasteiger partial charge in [-0.15, -0.1) is 0 Å². The smallest absolute Gasteiger partial charge is 0.161 e. The Kier molecular flexibility index (Phi) is 9.81. The van der Waals surface area contributed by atoms with Crippen molar-refractivity contribution in [3.63, 3.8) is 0 Å². The summed E-state index contributed by atoms with van der Waals surface area (Å²) in [6, 6.07) is 12.1. The van der Waals surface area contributed by atoms with Crippen molar-refractivity contribution >= 4 is 10.9 Å². The molecule has 1 unspecified atom stereocenters. The minimum atomic E-state index is -0.0917. The maximum atomic E-state index is 5.91. The number of pyridine rings is 1. The van der Waals surface area contributed by atoms with Crippen LogP contribution in [0.2, 0.25) is 0 Å². The molecule has 2 nitrogen and oxygen atoms in total. The van der Waals surface area contributed by atoms with Gasteiger partial charge in [-0.1, -0.05) is 50.8 Å². The van der Waals surface area contributed by atoms with Crippen LogP contribution in [0.15, 0.2) is 114 Å². The molecule has 0 bridgehead atoms. The number of allylic oxidation sites excluding steroid dienone is 6. The van der Waals surface area contributed by atoms with E-state index in [-0.39, 0.29) is 10.9 Å². The lowest BCUT2D eigenvalue weighted by Crippen LogP contribution is -2.11. The summed E-state index contributed by atoms with van der Waals surface area (Å²) in [6.45, 7) is 12.1. The fourth-order valence-electron chi connectivity index (χ4n) is 2.67. The molecule has 150 valence electrons. The van der Waals surface area contributed by atoms with E-state index >= 15 is 0 Å². The van der Waals surface area contributed by atoms with Gasteiger partial charge < -0.3 is 4.74 Å². The number of ether oxygens (including phenoxy) is 1. The third-order valence-corrected chi connectivity index (χ3v) is 6.61. The molecule has 0 saturated heterocycles. The molecule has 0 spiro atoms. The largest absolute Gasteiger partial charge is 0.457 e. The lowest BCUT2D eigenvalue weighted by molar-refractivity contribution is 0.481. The van der Waals surface area contributed by atoms with E-state index in [1.807, 2.05) is 42.5 Å². The van der Waals surface area contributed by atoms with Crippen molar-refractivity contribution in [1.82, 2.24) is 4.98 Å². The van der Waals surface area contributed by atoms with Gasteiger partial charge in [0.2, 0.25) is 0 Å². The molecule has 1 aromatic carbocycles. The van der Waals surface area contributed by atoms with Crippen molar-refractivity contribution in [3.05, 3.63) is 109 Å². The Bertz CT molecular complexity index is 863. The lowest BCUT2D eigenvalue weighted by atomic mass is 10.2. The van der Waals surface area contributed by atoms with Gasteiger partial charge in [0.25, 0.3) is 0 Å². The molecule has 0 aliphatic heterocycles. The quantitative estimate of drug-likeness (QED) is 0.287. The molecule has 2 aromatic rings. The summed E-state index contributed by atoms with van der Waals surface area (Å²) in [5, 5.41) is 0. The van der Waals surface area contributed by atoms with Crippen LogP contribution in [0.5, 0.6) is 11.5 Å². The normalized spacial score (nSPS) is 13.3. The summed E-state index contributed by atoms with van der Waals surface area (Å²) in [5.74, 6) is 2.54. The van der Waals surface area contributed by atoms with E-state index in [2.05, 4.69) is 62.4 Å². The number of benzene rings is 1. The van der Waals surface area contributed by atoms with Gasteiger partial charge in [0.15, 0.2) is 9.80 Å². The summed E-state index contributed by atoms with van der Waals surface area (Å²) in [6.07, 6.45) is 18.1. The van der Waals surface area contributed by atoms with E-state index in [1.165, 1.54) is 15.4 Å². The molecule has 1 atom stereocenters. The van der Waals surface area contributed by atoms with Gasteiger partial charge >= 0.3 is 0 Å². The van der Waals surface area contributed by atoms with Gasteiger partial charge in [-0.25, -0.2) is 0 Å². The molecule has 0 N–H and O–H groups in total. The van der Waals surface area contributed by atoms with E-state index in [9.17, 15) is 0 Å². The van der Waals surface area contributed by atoms with E-state index in [4.69, 9.17) is 4.74 Å². The molecule has 2 rings (SSSR count). The summed E-state index contributed by atoms with van der Waals surface area (Å²) < 4.78 is 5.91. The summed E-state index contributed by atoms with van der Waals surface area (Å²) >= 11 is 0. The molecule has 3 heteroatoms. The summed E-state index contributed by atoms with van der Waals surface area (Å²) in [5.41, 5.74) is 1.29. The van der Waals surface area contributed by atoms with Crippen LogP contribution >= 0.6 is 0 Å². The van der Waals surface area contributed by atoms with Crippen molar-refractivity contribution < 1.29 is 4.74 Å². The predicted octanol–water partition coefficient (Wildman–Crippen LogP) is 7.41. The number of rotatable bonds is 11. The van der Waals surface area contributed by atoms with E-state index in [0.29, 0.717) is 0 Å². The molecule has 0 amide bonds. The van der Waals surface area contributed by atoms with Gasteiger partial charge in [0, 0.05) is 12.4 Å². The van der Waals surface area contributed by atoms with Crippen molar-refractivity contribution in [2.75, 3.05) is 5.75 Å². The van der Waals surface area contributed by atoms with Crippen LogP contribution in [0.3, 0.4) is 0 Å². The van der Waals surface area contributed by atoms with Crippen molar-refractivity contribution in [1.29, 1.82) is 0 Å². The van der Waals surface area contributed by atoms with Gasteiger partial charge in [0.05, 0.1) is 10.9 Å². The summed E-state index contributed by atoms with van der Waals surface area (Å²) in [7, 11) is -0.0917. The SMILES string of the molecule is C=C/C=C\C(=C/C)C[S+](/C(C=C)=C/CCC)c1ccc(Oc2ccncc2)cc1. The van der Waals surface area contributed by atoms with Gasteiger partial charge in [0.1, 0.15) is 17.3 Å².